The number of imide groups is 1. The lowest BCUT2D eigenvalue weighted by Gasteiger charge is -2.39. The second kappa shape index (κ2) is 7.84. The van der Waals surface area contributed by atoms with Gasteiger partial charge in [-0.05, 0) is 30.4 Å². The summed E-state index contributed by atoms with van der Waals surface area (Å²) in [6, 6.07) is 8.20. The van der Waals surface area contributed by atoms with Crippen LogP contribution in [-0.4, -0.2) is 81.7 Å². The number of thioether (sulfide) groups is 1. The molecule has 0 bridgehead atoms. The van der Waals surface area contributed by atoms with Gasteiger partial charge < -0.3 is 4.90 Å². The van der Waals surface area contributed by atoms with E-state index in [4.69, 9.17) is 0 Å². The minimum absolute atomic E-state index is 0.178. The van der Waals surface area contributed by atoms with E-state index in [1.807, 2.05) is 36.2 Å². The second-order valence-corrected chi connectivity index (χ2v) is 8.92. The number of benzene rings is 1. The topological polar surface area (TPSA) is 61.7 Å². The van der Waals surface area contributed by atoms with Crippen LogP contribution in [0, 0.1) is 0 Å². The summed E-state index contributed by atoms with van der Waals surface area (Å²) in [5.74, 6) is 2.13. The fraction of sp³-hybridized carbons (Fsp3) is 0.476. The Kier molecular flexibility index (Phi) is 5.05. The highest BCUT2D eigenvalue weighted by Crippen LogP contribution is 2.33. The molecule has 1 aromatic heterocycles. The summed E-state index contributed by atoms with van der Waals surface area (Å²) in [6.45, 7) is 4.66. The number of amides is 2. The molecule has 1 atom stereocenters. The van der Waals surface area contributed by atoms with E-state index in [9.17, 15) is 9.59 Å². The zero-order chi connectivity index (χ0) is 19.8. The lowest BCUT2D eigenvalue weighted by Crippen LogP contribution is -2.50. The Morgan fingerprint density at radius 3 is 2.62 bits per heavy atom. The number of fused-ring (bicyclic) bond motifs is 1. The van der Waals surface area contributed by atoms with Gasteiger partial charge in [-0.3, -0.25) is 24.1 Å². The van der Waals surface area contributed by atoms with Crippen LogP contribution >= 0.6 is 11.8 Å². The molecule has 4 heterocycles. The van der Waals surface area contributed by atoms with Gasteiger partial charge in [0.25, 0.3) is 11.8 Å². The van der Waals surface area contributed by atoms with Gasteiger partial charge in [0.2, 0.25) is 0 Å². The Morgan fingerprint density at radius 2 is 1.90 bits per heavy atom. The van der Waals surface area contributed by atoms with Crippen LogP contribution in [0.3, 0.4) is 0 Å². The van der Waals surface area contributed by atoms with Crippen LogP contribution in [0.1, 0.15) is 27.1 Å². The number of anilines is 1. The van der Waals surface area contributed by atoms with Gasteiger partial charge in [-0.2, -0.15) is 16.9 Å². The highest BCUT2D eigenvalue weighted by molar-refractivity contribution is 7.99. The van der Waals surface area contributed by atoms with E-state index in [0.717, 1.165) is 31.9 Å². The van der Waals surface area contributed by atoms with Gasteiger partial charge in [-0.25, -0.2) is 0 Å². The first-order valence-electron chi connectivity index (χ1n) is 10.3. The number of carbonyl (C=O) groups excluding carboxylic acids is 2. The molecule has 2 fully saturated rings. The maximum atomic E-state index is 13.1. The van der Waals surface area contributed by atoms with Crippen molar-refractivity contribution >= 4 is 29.3 Å². The van der Waals surface area contributed by atoms with Gasteiger partial charge in [0.15, 0.2) is 0 Å². The van der Waals surface area contributed by atoms with Crippen LogP contribution in [0.4, 0.5) is 5.69 Å². The van der Waals surface area contributed by atoms with Crippen molar-refractivity contribution in [1.82, 2.24) is 19.6 Å². The number of hydrogen-bond acceptors (Lipinski definition) is 6. The van der Waals surface area contributed by atoms with E-state index < -0.39 is 0 Å². The van der Waals surface area contributed by atoms with Crippen LogP contribution in [0.2, 0.25) is 0 Å². The van der Waals surface area contributed by atoms with Crippen molar-refractivity contribution in [3.63, 3.8) is 0 Å². The average Bonchev–Trinajstić information content (AvgIpc) is 3.50. The summed E-state index contributed by atoms with van der Waals surface area (Å²) in [5, 5.41) is 4.16. The second-order valence-electron chi connectivity index (χ2n) is 7.77. The van der Waals surface area contributed by atoms with Gasteiger partial charge in [-0.1, -0.05) is 6.07 Å². The summed E-state index contributed by atoms with van der Waals surface area (Å²) >= 11 is 2.04. The zero-order valence-corrected chi connectivity index (χ0v) is 17.2. The Hall–Kier alpha value is -2.32. The first-order chi connectivity index (χ1) is 14.2. The van der Waals surface area contributed by atoms with Crippen molar-refractivity contribution in [1.29, 1.82) is 0 Å². The average molecular weight is 412 g/mol. The zero-order valence-electron chi connectivity index (χ0n) is 16.4. The fourth-order valence-corrected chi connectivity index (χ4v) is 5.81. The summed E-state index contributed by atoms with van der Waals surface area (Å²) < 4.78 is 1.74. The van der Waals surface area contributed by atoms with Crippen molar-refractivity contribution in [3.05, 3.63) is 47.8 Å². The quantitative estimate of drug-likeness (QED) is 0.700. The molecule has 2 amide bonds. The molecule has 0 radical (unpaired) electrons. The smallest absolute Gasteiger partial charge is 0.263 e. The Bertz CT molecular complexity index is 902. The first kappa shape index (κ1) is 18.7. The molecule has 29 heavy (non-hydrogen) atoms. The summed E-state index contributed by atoms with van der Waals surface area (Å²) in [7, 11) is 0. The molecular weight excluding hydrogens is 386 g/mol. The van der Waals surface area contributed by atoms with Gasteiger partial charge in [0.05, 0.1) is 23.4 Å². The Morgan fingerprint density at radius 1 is 1.03 bits per heavy atom. The van der Waals surface area contributed by atoms with E-state index in [0.29, 0.717) is 30.3 Å². The number of rotatable bonds is 5. The summed E-state index contributed by atoms with van der Waals surface area (Å²) in [4.78, 5) is 32.2. The number of piperazine rings is 1. The third-order valence-electron chi connectivity index (χ3n) is 6.17. The van der Waals surface area contributed by atoms with E-state index in [-0.39, 0.29) is 11.8 Å². The minimum atomic E-state index is -0.194. The highest BCUT2D eigenvalue weighted by Gasteiger charge is 2.38. The third-order valence-corrected chi connectivity index (χ3v) is 7.31. The molecule has 1 aromatic carbocycles. The van der Waals surface area contributed by atoms with Crippen molar-refractivity contribution in [3.8, 4) is 0 Å². The van der Waals surface area contributed by atoms with Gasteiger partial charge in [-0.15, -0.1) is 0 Å². The molecule has 3 aliphatic rings. The van der Waals surface area contributed by atoms with Gasteiger partial charge in [0.1, 0.15) is 0 Å². The normalized spacial score (nSPS) is 22.6. The molecule has 5 rings (SSSR count). The molecule has 0 N–H and O–H groups in total. The molecule has 2 aromatic rings. The monoisotopic (exact) mass is 411 g/mol. The maximum Gasteiger partial charge on any atom is 0.263 e. The first-order valence-corrected chi connectivity index (χ1v) is 11.4. The van der Waals surface area contributed by atoms with Crippen molar-refractivity contribution in [2.75, 3.05) is 49.1 Å². The van der Waals surface area contributed by atoms with E-state index >= 15 is 0 Å². The number of nitrogens with zero attached hydrogens (tertiary/aromatic N) is 5. The highest BCUT2D eigenvalue weighted by atomic mass is 32.2. The predicted octanol–water partition coefficient (Wildman–Crippen LogP) is 1.81. The molecule has 3 aliphatic heterocycles. The van der Waals surface area contributed by atoms with Crippen molar-refractivity contribution in [2.24, 2.45) is 0 Å². The molecule has 2 saturated heterocycles. The van der Waals surface area contributed by atoms with Gasteiger partial charge in [0, 0.05) is 56.9 Å². The van der Waals surface area contributed by atoms with Gasteiger partial charge >= 0.3 is 0 Å². The summed E-state index contributed by atoms with van der Waals surface area (Å²) in [6.07, 6.45) is 4.82. The largest absolute Gasteiger partial charge is 0.368 e. The lowest BCUT2D eigenvalue weighted by atomic mass is 10.1. The lowest BCUT2D eigenvalue weighted by molar-refractivity contribution is 0.0647. The van der Waals surface area contributed by atoms with E-state index in [2.05, 4.69) is 14.9 Å². The Balaban J connectivity index is 1.31. The van der Waals surface area contributed by atoms with Crippen molar-refractivity contribution < 1.29 is 9.59 Å². The molecule has 0 spiro atoms. The van der Waals surface area contributed by atoms with E-state index in [1.165, 1.54) is 22.8 Å². The molecule has 0 saturated carbocycles. The fourth-order valence-electron chi connectivity index (χ4n) is 4.56. The molecule has 0 aliphatic carbocycles. The molecule has 1 unspecified atom stereocenters. The number of aromatic nitrogens is 2. The Labute approximate surface area is 174 Å². The standard InChI is InChI=1S/C21H25N5O2S/c27-20-17-3-1-4-18(24-10-8-23(9-11-24)16-5-14-29-15-16)19(17)21(28)26(20)13-12-25-7-2-6-22-25/h1-4,6-7,16H,5,8-15H2. The molecule has 7 nitrogen and oxygen atoms in total. The van der Waals surface area contributed by atoms with Crippen LogP contribution in [0.15, 0.2) is 36.7 Å². The maximum absolute atomic E-state index is 13.1. The molecule has 8 heteroatoms. The summed E-state index contributed by atoms with van der Waals surface area (Å²) in [5.41, 5.74) is 2.01. The third kappa shape index (κ3) is 3.44. The molecule has 152 valence electrons. The van der Waals surface area contributed by atoms with Crippen LogP contribution in [-0.2, 0) is 6.54 Å². The van der Waals surface area contributed by atoms with Crippen LogP contribution in [0.25, 0.3) is 0 Å². The van der Waals surface area contributed by atoms with Crippen LogP contribution < -0.4 is 4.90 Å². The number of carbonyl (C=O) groups is 2. The van der Waals surface area contributed by atoms with E-state index in [1.54, 1.807) is 16.9 Å². The predicted molar refractivity (Wildman–Crippen MR) is 114 cm³/mol. The molecular formula is C21H25N5O2S. The van der Waals surface area contributed by atoms with Crippen LogP contribution in [0.5, 0.6) is 0 Å². The van der Waals surface area contributed by atoms with Crippen molar-refractivity contribution in [2.45, 2.75) is 19.0 Å². The number of hydrogen-bond donors (Lipinski definition) is 0. The minimum Gasteiger partial charge on any atom is -0.368 e. The SMILES string of the molecule is O=C1c2cccc(N3CCN(C4CCSC4)CC3)c2C(=O)N1CCn1cccn1.